The van der Waals surface area contributed by atoms with E-state index < -0.39 is 0 Å². The first-order valence-electron chi connectivity index (χ1n) is 11.5. The smallest absolute Gasteiger partial charge is 0.309 e. The van der Waals surface area contributed by atoms with Crippen LogP contribution in [0.3, 0.4) is 0 Å². The fourth-order valence-electron chi connectivity index (χ4n) is 4.14. The van der Waals surface area contributed by atoms with Crippen molar-refractivity contribution in [2.45, 2.75) is 26.7 Å². The summed E-state index contributed by atoms with van der Waals surface area (Å²) >= 11 is 0. The number of rotatable bonds is 6. The molecular weight excluding hydrogens is 432 g/mol. The zero-order chi connectivity index (χ0) is 24.1. The Morgan fingerprint density at radius 1 is 1.00 bits per heavy atom. The maximum Gasteiger partial charge on any atom is 0.309 e. The van der Waals surface area contributed by atoms with E-state index in [1.54, 1.807) is 28.6 Å². The van der Waals surface area contributed by atoms with Crippen molar-refractivity contribution in [3.63, 3.8) is 0 Å². The van der Waals surface area contributed by atoms with Crippen molar-refractivity contribution in [1.29, 1.82) is 0 Å². The molecule has 0 bridgehead atoms. The number of hydrogen-bond donors (Lipinski definition) is 1. The highest BCUT2D eigenvalue weighted by atomic mass is 16.5. The monoisotopic (exact) mass is 460 g/mol. The number of amides is 2. The van der Waals surface area contributed by atoms with Crippen LogP contribution in [0.2, 0.25) is 0 Å². The first-order chi connectivity index (χ1) is 16.5. The number of likely N-dealkylation sites (tertiary alicyclic amines) is 1. The number of aromatic nitrogens is 2. The molecule has 1 saturated heterocycles. The van der Waals surface area contributed by atoms with Gasteiger partial charge in [-0.15, -0.1) is 0 Å². The van der Waals surface area contributed by atoms with Crippen LogP contribution in [0.25, 0.3) is 5.69 Å². The van der Waals surface area contributed by atoms with Gasteiger partial charge in [0, 0.05) is 18.7 Å². The van der Waals surface area contributed by atoms with Crippen LogP contribution < -0.4 is 5.32 Å². The Labute approximate surface area is 198 Å². The van der Waals surface area contributed by atoms with E-state index in [-0.39, 0.29) is 23.7 Å². The fraction of sp³-hybridized carbons (Fsp3) is 0.308. The molecule has 8 heteroatoms. The summed E-state index contributed by atoms with van der Waals surface area (Å²) in [5.74, 6) is -0.638. The number of ether oxygens (including phenoxy) is 1. The number of nitrogens with zero attached hydrogens (tertiary/aromatic N) is 3. The van der Waals surface area contributed by atoms with Crippen LogP contribution in [0.1, 0.15) is 46.0 Å². The maximum absolute atomic E-state index is 13.5. The van der Waals surface area contributed by atoms with Crippen LogP contribution in [0, 0.1) is 12.8 Å². The molecule has 2 aromatic carbocycles. The molecule has 1 fully saturated rings. The van der Waals surface area contributed by atoms with Crippen molar-refractivity contribution >= 4 is 23.6 Å². The SMILES string of the molecule is CCOC(=O)C1CCN(C(=O)c2cnn(-c3ccccc3)c2NC(=O)c2ccccc2C)CC1. The highest BCUT2D eigenvalue weighted by Crippen LogP contribution is 2.26. The van der Waals surface area contributed by atoms with E-state index in [0.717, 1.165) is 11.3 Å². The van der Waals surface area contributed by atoms with Crippen molar-refractivity contribution in [2.75, 3.05) is 25.0 Å². The Balaban J connectivity index is 1.61. The van der Waals surface area contributed by atoms with Crippen molar-refractivity contribution in [2.24, 2.45) is 5.92 Å². The zero-order valence-corrected chi connectivity index (χ0v) is 19.4. The van der Waals surface area contributed by atoms with E-state index in [2.05, 4.69) is 10.4 Å². The lowest BCUT2D eigenvalue weighted by Gasteiger charge is -2.30. The molecule has 0 aliphatic carbocycles. The minimum atomic E-state index is -0.314. The molecule has 1 N–H and O–H groups in total. The average Bonchev–Trinajstić information content (AvgIpc) is 3.28. The molecule has 3 aromatic rings. The van der Waals surface area contributed by atoms with Gasteiger partial charge in [0.15, 0.2) is 0 Å². The van der Waals surface area contributed by atoms with Crippen LogP contribution in [0.4, 0.5) is 5.82 Å². The number of benzene rings is 2. The van der Waals surface area contributed by atoms with Gasteiger partial charge in [-0.3, -0.25) is 14.4 Å². The topological polar surface area (TPSA) is 93.5 Å². The first kappa shape index (κ1) is 23.2. The molecule has 0 saturated carbocycles. The molecule has 1 aliphatic rings. The predicted octanol–water partition coefficient (Wildman–Crippen LogP) is 3.85. The third kappa shape index (κ3) is 4.85. The van der Waals surface area contributed by atoms with Crippen LogP contribution in [-0.2, 0) is 9.53 Å². The third-order valence-corrected chi connectivity index (χ3v) is 6.02. The van der Waals surface area contributed by atoms with Crippen LogP contribution in [-0.4, -0.2) is 52.2 Å². The number of piperidine rings is 1. The van der Waals surface area contributed by atoms with Gasteiger partial charge in [-0.1, -0.05) is 36.4 Å². The summed E-state index contributed by atoms with van der Waals surface area (Å²) in [6.07, 6.45) is 2.57. The molecular formula is C26H28N4O4. The molecule has 1 aromatic heterocycles. The molecule has 8 nitrogen and oxygen atoms in total. The minimum Gasteiger partial charge on any atom is -0.466 e. The lowest BCUT2D eigenvalue weighted by Crippen LogP contribution is -2.40. The number of esters is 1. The molecule has 2 heterocycles. The molecule has 1 aliphatic heterocycles. The Hall–Kier alpha value is -3.94. The van der Waals surface area contributed by atoms with Crippen molar-refractivity contribution in [3.8, 4) is 5.69 Å². The Bertz CT molecular complexity index is 1180. The van der Waals surface area contributed by atoms with Gasteiger partial charge in [-0.25, -0.2) is 4.68 Å². The third-order valence-electron chi connectivity index (χ3n) is 6.02. The second-order valence-electron chi connectivity index (χ2n) is 8.24. The summed E-state index contributed by atoms with van der Waals surface area (Å²) in [4.78, 5) is 40.3. The molecule has 176 valence electrons. The number of anilines is 1. The van der Waals surface area contributed by atoms with Gasteiger partial charge in [-0.2, -0.15) is 5.10 Å². The summed E-state index contributed by atoms with van der Waals surface area (Å²) in [6, 6.07) is 16.6. The standard InChI is InChI=1S/C26H28N4O4/c1-3-34-26(33)19-13-15-29(16-14-19)25(32)22-17-27-30(20-10-5-4-6-11-20)23(22)28-24(31)21-12-8-7-9-18(21)2/h4-12,17,19H,3,13-16H2,1-2H3,(H,28,31). The lowest BCUT2D eigenvalue weighted by molar-refractivity contribution is -0.149. The van der Waals surface area contributed by atoms with Gasteiger partial charge in [0.1, 0.15) is 11.4 Å². The van der Waals surface area contributed by atoms with Crippen LogP contribution in [0.5, 0.6) is 0 Å². The van der Waals surface area contributed by atoms with Gasteiger partial charge in [0.05, 0.1) is 24.4 Å². The van der Waals surface area contributed by atoms with Crippen molar-refractivity contribution in [3.05, 3.63) is 77.5 Å². The van der Waals surface area contributed by atoms with Gasteiger partial charge < -0.3 is 15.0 Å². The summed E-state index contributed by atoms with van der Waals surface area (Å²) in [5, 5.41) is 7.34. The number of nitrogens with one attached hydrogen (secondary N) is 1. The largest absolute Gasteiger partial charge is 0.466 e. The van der Waals surface area contributed by atoms with E-state index in [0.29, 0.717) is 49.5 Å². The number of hydrogen-bond acceptors (Lipinski definition) is 5. The summed E-state index contributed by atoms with van der Waals surface area (Å²) in [7, 11) is 0. The Kier molecular flexibility index (Phi) is 7.06. The summed E-state index contributed by atoms with van der Waals surface area (Å²) in [5.41, 5.74) is 2.39. The van der Waals surface area contributed by atoms with Gasteiger partial charge >= 0.3 is 5.97 Å². The second kappa shape index (κ2) is 10.3. The van der Waals surface area contributed by atoms with Crippen molar-refractivity contribution in [1.82, 2.24) is 14.7 Å². The maximum atomic E-state index is 13.5. The molecule has 0 atom stereocenters. The van der Waals surface area contributed by atoms with E-state index in [1.165, 1.54) is 6.20 Å². The van der Waals surface area contributed by atoms with Crippen LogP contribution in [0.15, 0.2) is 60.8 Å². The highest BCUT2D eigenvalue weighted by molar-refractivity contribution is 6.09. The number of carbonyl (C=O) groups is 3. The normalized spacial score (nSPS) is 14.0. The molecule has 34 heavy (non-hydrogen) atoms. The van der Waals surface area contributed by atoms with Crippen LogP contribution >= 0.6 is 0 Å². The molecule has 0 spiro atoms. The Morgan fingerprint density at radius 3 is 2.35 bits per heavy atom. The second-order valence-corrected chi connectivity index (χ2v) is 8.24. The summed E-state index contributed by atoms with van der Waals surface area (Å²) in [6.45, 7) is 4.87. The van der Waals surface area contributed by atoms with E-state index >= 15 is 0 Å². The molecule has 2 amide bonds. The number of aryl methyl sites for hydroxylation is 1. The fourth-order valence-corrected chi connectivity index (χ4v) is 4.14. The summed E-state index contributed by atoms with van der Waals surface area (Å²) < 4.78 is 6.69. The van der Waals surface area contributed by atoms with Gasteiger partial charge in [0.2, 0.25) is 0 Å². The van der Waals surface area contributed by atoms with E-state index in [4.69, 9.17) is 4.74 Å². The zero-order valence-electron chi connectivity index (χ0n) is 19.4. The minimum absolute atomic E-state index is 0.198. The predicted molar refractivity (Wildman–Crippen MR) is 128 cm³/mol. The molecule has 0 radical (unpaired) electrons. The van der Waals surface area contributed by atoms with E-state index in [9.17, 15) is 14.4 Å². The van der Waals surface area contributed by atoms with Crippen molar-refractivity contribution < 1.29 is 19.1 Å². The lowest BCUT2D eigenvalue weighted by atomic mass is 9.96. The number of para-hydroxylation sites is 1. The molecule has 0 unspecified atom stereocenters. The quantitative estimate of drug-likeness (QED) is 0.564. The van der Waals surface area contributed by atoms with Gasteiger partial charge in [-0.05, 0) is 50.5 Å². The average molecular weight is 461 g/mol. The highest BCUT2D eigenvalue weighted by Gasteiger charge is 2.31. The molecule has 4 rings (SSSR count). The van der Waals surface area contributed by atoms with Gasteiger partial charge in [0.25, 0.3) is 11.8 Å². The van der Waals surface area contributed by atoms with E-state index in [1.807, 2.05) is 49.4 Å². The first-order valence-corrected chi connectivity index (χ1v) is 11.5. The number of carbonyl (C=O) groups excluding carboxylic acids is 3. The Morgan fingerprint density at radius 2 is 1.68 bits per heavy atom.